The zero-order chi connectivity index (χ0) is 26.7. The number of carboxylic acids is 1. The summed E-state index contributed by atoms with van der Waals surface area (Å²) in [6, 6.07) is 3.66. The van der Waals surface area contributed by atoms with Crippen LogP contribution in [0.25, 0.3) is 11.7 Å². The first kappa shape index (κ1) is 26.8. The van der Waals surface area contributed by atoms with Crippen molar-refractivity contribution in [3.8, 4) is 0 Å². The number of hydrogen-bond donors (Lipinski definition) is 2. The maximum Gasteiger partial charge on any atom is 0.303 e. The molecule has 2 amide bonds. The van der Waals surface area contributed by atoms with Crippen LogP contribution < -0.4 is 16.2 Å². The van der Waals surface area contributed by atoms with Gasteiger partial charge in [-0.05, 0) is 50.3 Å². The number of carboxylic acid groups (broad SMARTS) is 1. The zero-order valence-corrected chi connectivity index (χ0v) is 22.1. The van der Waals surface area contributed by atoms with E-state index in [0.29, 0.717) is 78.0 Å². The first-order valence-corrected chi connectivity index (χ1v) is 13.4. The average Bonchev–Trinajstić information content (AvgIpc) is 3.13. The first-order chi connectivity index (χ1) is 17.7. The minimum atomic E-state index is -0.839. The summed E-state index contributed by atoms with van der Waals surface area (Å²) in [6.07, 6.45) is 6.28. The number of amides is 2. The van der Waals surface area contributed by atoms with Crippen molar-refractivity contribution in [3.05, 3.63) is 44.7 Å². The molecule has 0 spiro atoms. The van der Waals surface area contributed by atoms with E-state index in [-0.39, 0.29) is 29.7 Å². The fourth-order valence-electron chi connectivity index (χ4n) is 4.59. The Hall–Kier alpha value is -3.25. The molecule has 2 aromatic rings. The molecule has 0 unspecified atom stereocenters. The van der Waals surface area contributed by atoms with Gasteiger partial charge in [-0.3, -0.25) is 28.5 Å². The fourth-order valence-corrected chi connectivity index (χ4v) is 5.88. The third-order valence-electron chi connectivity index (χ3n) is 6.68. The predicted octanol–water partition coefficient (Wildman–Crippen LogP) is 2.55. The number of carbonyl (C=O) groups excluding carboxylic acids is 2. The molecule has 2 fully saturated rings. The standard InChI is InChI=1S/C25H29N5O5S2/c1-15-6-5-11-29-21(15)27-22(28-12-8-16(9-13-28)20(26)33)17(23(29)34)14-18-24(35)30(25(36)37-18)10-4-2-3-7-19(31)32/h5-6,11,14,16H,2-4,7-10,12-13H2,1H3,(H2,26,33)(H,31,32)/b18-14+. The second-order valence-electron chi connectivity index (χ2n) is 9.24. The summed E-state index contributed by atoms with van der Waals surface area (Å²) in [7, 11) is 0. The molecular formula is C25H29N5O5S2. The second kappa shape index (κ2) is 11.4. The normalized spacial score (nSPS) is 17.8. The Bertz CT molecular complexity index is 1350. The molecule has 0 aromatic carbocycles. The van der Waals surface area contributed by atoms with Crippen LogP contribution in [0.15, 0.2) is 28.0 Å². The van der Waals surface area contributed by atoms with Crippen LogP contribution in [-0.4, -0.2) is 61.1 Å². The lowest BCUT2D eigenvalue weighted by Crippen LogP contribution is -2.40. The van der Waals surface area contributed by atoms with Gasteiger partial charge in [0.15, 0.2) is 0 Å². The molecular weight excluding hydrogens is 514 g/mol. The van der Waals surface area contributed by atoms with Crippen molar-refractivity contribution in [3.63, 3.8) is 0 Å². The van der Waals surface area contributed by atoms with Crippen LogP contribution in [0, 0.1) is 12.8 Å². The SMILES string of the molecule is Cc1cccn2c(=O)c(/C=C3/SC(=S)N(CCCCCC(=O)O)C3=O)c(N3CCC(C(N)=O)CC3)nc12. The number of piperidine rings is 1. The molecule has 12 heteroatoms. The van der Waals surface area contributed by atoms with Gasteiger partial charge in [0.25, 0.3) is 11.5 Å². The van der Waals surface area contributed by atoms with E-state index in [1.165, 1.54) is 9.30 Å². The van der Waals surface area contributed by atoms with Crippen LogP contribution in [0.1, 0.15) is 49.7 Å². The molecule has 0 bridgehead atoms. The highest BCUT2D eigenvalue weighted by Crippen LogP contribution is 2.34. The number of fused-ring (bicyclic) bond motifs is 1. The number of thioether (sulfide) groups is 1. The number of hydrogen-bond acceptors (Lipinski definition) is 8. The number of rotatable bonds is 9. The summed E-state index contributed by atoms with van der Waals surface area (Å²) in [5, 5.41) is 8.79. The quantitative estimate of drug-likeness (QED) is 0.278. The number of nitrogens with two attached hydrogens (primary N) is 1. The van der Waals surface area contributed by atoms with E-state index in [9.17, 15) is 19.2 Å². The van der Waals surface area contributed by atoms with Crippen molar-refractivity contribution in [2.75, 3.05) is 24.5 Å². The molecule has 4 heterocycles. The van der Waals surface area contributed by atoms with Gasteiger partial charge in [0, 0.05) is 38.2 Å². The van der Waals surface area contributed by atoms with E-state index in [0.717, 1.165) is 17.3 Å². The van der Waals surface area contributed by atoms with Crippen molar-refractivity contribution in [2.24, 2.45) is 11.7 Å². The van der Waals surface area contributed by atoms with Crippen LogP contribution in [0.5, 0.6) is 0 Å². The fraction of sp³-hybridized carbons (Fsp3) is 0.440. The van der Waals surface area contributed by atoms with Gasteiger partial charge in [0.1, 0.15) is 15.8 Å². The molecule has 37 heavy (non-hydrogen) atoms. The number of anilines is 1. The predicted molar refractivity (Wildman–Crippen MR) is 146 cm³/mol. The molecule has 3 N–H and O–H groups in total. The topological polar surface area (TPSA) is 138 Å². The molecule has 10 nitrogen and oxygen atoms in total. The number of nitrogens with zero attached hydrogens (tertiary/aromatic N) is 4. The maximum atomic E-state index is 13.6. The molecule has 4 rings (SSSR count). The minimum Gasteiger partial charge on any atom is -0.481 e. The summed E-state index contributed by atoms with van der Waals surface area (Å²) in [6.45, 7) is 3.30. The molecule has 196 valence electrons. The number of aryl methyl sites for hydroxylation is 1. The van der Waals surface area contributed by atoms with Crippen LogP contribution in [0.4, 0.5) is 5.82 Å². The molecule has 2 saturated heterocycles. The number of unbranched alkanes of at least 4 members (excludes halogenated alkanes) is 2. The number of pyridine rings is 1. The summed E-state index contributed by atoms with van der Waals surface area (Å²) in [5.74, 6) is -1.18. The maximum absolute atomic E-state index is 13.6. The van der Waals surface area contributed by atoms with Gasteiger partial charge in [-0.2, -0.15) is 0 Å². The molecule has 2 aliphatic rings. The van der Waals surface area contributed by atoms with Gasteiger partial charge < -0.3 is 15.7 Å². The number of aliphatic carboxylic acids is 1. The van der Waals surface area contributed by atoms with E-state index >= 15 is 0 Å². The van der Waals surface area contributed by atoms with E-state index in [4.69, 9.17) is 28.0 Å². The summed E-state index contributed by atoms with van der Waals surface area (Å²) >= 11 is 6.57. The molecule has 2 aliphatic heterocycles. The van der Waals surface area contributed by atoms with Crippen molar-refractivity contribution in [1.82, 2.24) is 14.3 Å². The number of carbonyl (C=O) groups is 3. The van der Waals surface area contributed by atoms with Gasteiger partial charge in [-0.25, -0.2) is 4.98 Å². The third-order valence-corrected chi connectivity index (χ3v) is 8.06. The molecule has 0 saturated carbocycles. The number of primary amides is 1. The number of thiocarbonyl (C=S) groups is 1. The van der Waals surface area contributed by atoms with Gasteiger partial charge >= 0.3 is 5.97 Å². The van der Waals surface area contributed by atoms with Crippen molar-refractivity contribution in [1.29, 1.82) is 0 Å². The van der Waals surface area contributed by atoms with Gasteiger partial charge in [-0.1, -0.05) is 36.5 Å². The Morgan fingerprint density at radius 3 is 2.65 bits per heavy atom. The summed E-state index contributed by atoms with van der Waals surface area (Å²) in [4.78, 5) is 57.8. The van der Waals surface area contributed by atoms with Gasteiger partial charge in [0.2, 0.25) is 5.91 Å². The van der Waals surface area contributed by atoms with Gasteiger partial charge in [0.05, 0.1) is 10.5 Å². The van der Waals surface area contributed by atoms with E-state index in [1.54, 1.807) is 18.3 Å². The summed E-state index contributed by atoms with van der Waals surface area (Å²) in [5.41, 5.74) is 6.87. The second-order valence-corrected chi connectivity index (χ2v) is 10.9. The number of aromatic nitrogens is 2. The van der Waals surface area contributed by atoms with Crippen LogP contribution in [0.3, 0.4) is 0 Å². The smallest absolute Gasteiger partial charge is 0.303 e. The van der Waals surface area contributed by atoms with E-state index in [1.807, 2.05) is 17.9 Å². The van der Waals surface area contributed by atoms with Crippen LogP contribution in [0.2, 0.25) is 0 Å². The lowest BCUT2D eigenvalue weighted by molar-refractivity contribution is -0.137. The molecule has 2 aromatic heterocycles. The van der Waals surface area contributed by atoms with Crippen molar-refractivity contribution in [2.45, 2.75) is 45.4 Å². The third kappa shape index (κ3) is 5.85. The summed E-state index contributed by atoms with van der Waals surface area (Å²) < 4.78 is 1.88. The van der Waals surface area contributed by atoms with Crippen LogP contribution in [-0.2, 0) is 14.4 Å². The highest BCUT2D eigenvalue weighted by molar-refractivity contribution is 8.26. The first-order valence-electron chi connectivity index (χ1n) is 12.2. The Balaban J connectivity index is 1.65. The molecule has 0 atom stereocenters. The van der Waals surface area contributed by atoms with Gasteiger partial charge in [-0.15, -0.1) is 0 Å². The van der Waals surface area contributed by atoms with Crippen molar-refractivity contribution >= 4 is 63.6 Å². The zero-order valence-electron chi connectivity index (χ0n) is 20.5. The largest absolute Gasteiger partial charge is 0.481 e. The molecule has 0 aliphatic carbocycles. The average molecular weight is 544 g/mol. The minimum absolute atomic E-state index is 0.0934. The highest BCUT2D eigenvalue weighted by atomic mass is 32.2. The highest BCUT2D eigenvalue weighted by Gasteiger charge is 2.33. The Morgan fingerprint density at radius 2 is 1.97 bits per heavy atom. The Kier molecular flexibility index (Phi) is 8.28. The lowest BCUT2D eigenvalue weighted by atomic mass is 9.96. The Morgan fingerprint density at radius 1 is 1.24 bits per heavy atom. The Labute approximate surface area is 223 Å². The lowest BCUT2D eigenvalue weighted by Gasteiger charge is -2.32. The van der Waals surface area contributed by atoms with Crippen LogP contribution >= 0.6 is 24.0 Å². The molecule has 0 radical (unpaired) electrons. The van der Waals surface area contributed by atoms with E-state index in [2.05, 4.69) is 0 Å². The van der Waals surface area contributed by atoms with E-state index < -0.39 is 5.97 Å². The monoisotopic (exact) mass is 543 g/mol. The van der Waals surface area contributed by atoms with Crippen molar-refractivity contribution < 1.29 is 19.5 Å².